The Morgan fingerprint density at radius 2 is 1.94 bits per heavy atom. The topological polar surface area (TPSA) is 55.8 Å². The molecule has 0 unspecified atom stereocenters. The predicted octanol–water partition coefficient (Wildman–Crippen LogP) is 1.88. The number of ether oxygens (including phenoxy) is 2. The lowest BCUT2D eigenvalue weighted by molar-refractivity contribution is 0.311. The molecule has 0 aromatic heterocycles. The number of sulfonamides is 1. The zero-order chi connectivity index (χ0) is 13.8. The molecular formula is C12H19NO4S. The van der Waals surface area contributed by atoms with Gasteiger partial charge in [-0.15, -0.1) is 0 Å². The molecule has 0 heterocycles. The Hall–Kier alpha value is -1.43. The summed E-state index contributed by atoms with van der Waals surface area (Å²) in [5, 5.41) is 0. The largest absolute Gasteiger partial charge is 0.491 e. The molecule has 6 heteroatoms. The van der Waals surface area contributed by atoms with Gasteiger partial charge in [-0.3, -0.25) is 4.31 Å². The van der Waals surface area contributed by atoms with Crippen molar-refractivity contribution in [3.8, 4) is 11.5 Å². The van der Waals surface area contributed by atoms with Crippen LogP contribution in [-0.2, 0) is 10.0 Å². The van der Waals surface area contributed by atoms with Gasteiger partial charge >= 0.3 is 0 Å². The molecule has 0 spiro atoms. The summed E-state index contributed by atoms with van der Waals surface area (Å²) >= 11 is 0. The Balaban J connectivity index is 3.35. The van der Waals surface area contributed by atoms with Crippen molar-refractivity contribution in [2.75, 3.05) is 30.8 Å². The number of benzene rings is 1. The Kier molecular flexibility index (Phi) is 4.84. The number of hydrogen-bond donors (Lipinski definition) is 0. The van der Waals surface area contributed by atoms with Crippen LogP contribution in [0, 0.1) is 0 Å². The molecule has 0 aliphatic carbocycles. The molecule has 0 aliphatic heterocycles. The minimum absolute atomic E-state index is 0.338. The normalized spacial score (nSPS) is 11.1. The van der Waals surface area contributed by atoms with E-state index in [0.29, 0.717) is 30.3 Å². The lowest BCUT2D eigenvalue weighted by Gasteiger charge is -2.23. The first-order valence-electron chi connectivity index (χ1n) is 5.73. The van der Waals surface area contributed by atoms with Gasteiger partial charge < -0.3 is 9.47 Å². The van der Waals surface area contributed by atoms with Gasteiger partial charge in [-0.2, -0.15) is 0 Å². The molecule has 0 aliphatic rings. The van der Waals surface area contributed by atoms with E-state index in [2.05, 4.69) is 0 Å². The average molecular weight is 273 g/mol. The van der Waals surface area contributed by atoms with Gasteiger partial charge in [0.25, 0.3) is 0 Å². The predicted molar refractivity (Wildman–Crippen MR) is 72.0 cm³/mol. The second-order valence-corrected chi connectivity index (χ2v) is 5.58. The van der Waals surface area contributed by atoms with Crippen molar-refractivity contribution >= 4 is 15.7 Å². The average Bonchev–Trinajstić information content (AvgIpc) is 2.29. The lowest BCUT2D eigenvalue weighted by Crippen LogP contribution is -2.29. The minimum Gasteiger partial charge on any atom is -0.491 e. The molecule has 0 fully saturated rings. The SMILES string of the molecule is CCOc1cccc(N(CC)S(C)(=O)=O)c1OC. The van der Waals surface area contributed by atoms with E-state index in [1.54, 1.807) is 25.1 Å². The second-order valence-electron chi connectivity index (χ2n) is 3.67. The summed E-state index contributed by atoms with van der Waals surface area (Å²) in [4.78, 5) is 0. The first kappa shape index (κ1) is 14.6. The van der Waals surface area contributed by atoms with Gasteiger partial charge in [0, 0.05) is 6.54 Å². The van der Waals surface area contributed by atoms with E-state index < -0.39 is 10.0 Å². The number of nitrogens with zero attached hydrogens (tertiary/aromatic N) is 1. The standard InChI is InChI=1S/C12H19NO4S/c1-5-13(18(4,14)15)10-8-7-9-11(17-6-2)12(10)16-3/h7-9H,5-6H2,1-4H3. The highest BCUT2D eigenvalue weighted by Gasteiger charge is 2.21. The summed E-state index contributed by atoms with van der Waals surface area (Å²) in [6, 6.07) is 5.20. The monoisotopic (exact) mass is 273 g/mol. The number of anilines is 1. The number of methoxy groups -OCH3 is 1. The molecule has 0 N–H and O–H groups in total. The third kappa shape index (κ3) is 3.07. The van der Waals surface area contributed by atoms with Crippen molar-refractivity contribution in [2.45, 2.75) is 13.8 Å². The van der Waals surface area contributed by atoms with Crippen LogP contribution < -0.4 is 13.8 Å². The van der Waals surface area contributed by atoms with Crippen LogP contribution in [0.3, 0.4) is 0 Å². The summed E-state index contributed by atoms with van der Waals surface area (Å²) in [6.07, 6.45) is 1.17. The van der Waals surface area contributed by atoms with E-state index in [9.17, 15) is 8.42 Å². The smallest absolute Gasteiger partial charge is 0.232 e. The maximum absolute atomic E-state index is 11.7. The van der Waals surface area contributed by atoms with Gasteiger partial charge in [0.2, 0.25) is 10.0 Å². The molecular weight excluding hydrogens is 254 g/mol. The van der Waals surface area contributed by atoms with E-state index in [4.69, 9.17) is 9.47 Å². The summed E-state index contributed by atoms with van der Waals surface area (Å²) in [6.45, 7) is 4.46. The summed E-state index contributed by atoms with van der Waals surface area (Å²) in [5.74, 6) is 0.978. The fraction of sp³-hybridized carbons (Fsp3) is 0.500. The minimum atomic E-state index is -3.33. The molecule has 0 amide bonds. The van der Waals surface area contributed by atoms with Gasteiger partial charge in [-0.1, -0.05) is 6.07 Å². The van der Waals surface area contributed by atoms with Crippen LogP contribution in [0.5, 0.6) is 11.5 Å². The van der Waals surface area contributed by atoms with Crippen molar-refractivity contribution in [1.29, 1.82) is 0 Å². The highest BCUT2D eigenvalue weighted by atomic mass is 32.2. The molecule has 1 aromatic rings. The lowest BCUT2D eigenvalue weighted by atomic mass is 10.2. The molecule has 0 radical (unpaired) electrons. The van der Waals surface area contributed by atoms with Crippen molar-refractivity contribution in [3.63, 3.8) is 0 Å². The molecule has 1 rings (SSSR count). The van der Waals surface area contributed by atoms with Gasteiger partial charge in [-0.05, 0) is 26.0 Å². The fourth-order valence-corrected chi connectivity index (χ4v) is 2.73. The number of rotatable bonds is 6. The molecule has 5 nitrogen and oxygen atoms in total. The fourth-order valence-electron chi connectivity index (χ4n) is 1.76. The van der Waals surface area contributed by atoms with Crippen LogP contribution >= 0.6 is 0 Å². The summed E-state index contributed by atoms with van der Waals surface area (Å²) in [5.41, 5.74) is 0.494. The van der Waals surface area contributed by atoms with Crippen LogP contribution in [0.25, 0.3) is 0 Å². The molecule has 102 valence electrons. The van der Waals surface area contributed by atoms with Gasteiger partial charge in [0.1, 0.15) is 0 Å². The highest BCUT2D eigenvalue weighted by Crippen LogP contribution is 2.38. The first-order valence-corrected chi connectivity index (χ1v) is 7.58. The number of para-hydroxylation sites is 1. The Labute approximate surface area is 108 Å². The van der Waals surface area contributed by atoms with Gasteiger partial charge in [-0.25, -0.2) is 8.42 Å². The van der Waals surface area contributed by atoms with Crippen LogP contribution in [0.2, 0.25) is 0 Å². The van der Waals surface area contributed by atoms with E-state index in [0.717, 1.165) is 0 Å². The maximum Gasteiger partial charge on any atom is 0.232 e. The summed E-state index contributed by atoms with van der Waals surface area (Å²) < 4.78 is 35.5. The number of hydrogen-bond acceptors (Lipinski definition) is 4. The van der Waals surface area contributed by atoms with Crippen molar-refractivity contribution in [1.82, 2.24) is 0 Å². The van der Waals surface area contributed by atoms with Gasteiger partial charge in [0.05, 0.1) is 25.7 Å². The third-order valence-electron chi connectivity index (χ3n) is 2.42. The van der Waals surface area contributed by atoms with Crippen molar-refractivity contribution < 1.29 is 17.9 Å². The van der Waals surface area contributed by atoms with E-state index in [1.807, 2.05) is 6.92 Å². The van der Waals surface area contributed by atoms with Crippen molar-refractivity contribution in [3.05, 3.63) is 18.2 Å². The van der Waals surface area contributed by atoms with Crippen molar-refractivity contribution in [2.24, 2.45) is 0 Å². The third-order valence-corrected chi connectivity index (χ3v) is 3.67. The zero-order valence-electron chi connectivity index (χ0n) is 11.1. The molecule has 1 aromatic carbocycles. The van der Waals surface area contributed by atoms with Crippen LogP contribution in [0.1, 0.15) is 13.8 Å². The Bertz CT molecular complexity index is 499. The Morgan fingerprint density at radius 3 is 2.39 bits per heavy atom. The molecule has 0 saturated heterocycles. The van der Waals surface area contributed by atoms with Gasteiger partial charge in [0.15, 0.2) is 11.5 Å². The van der Waals surface area contributed by atoms with E-state index >= 15 is 0 Å². The highest BCUT2D eigenvalue weighted by molar-refractivity contribution is 7.92. The zero-order valence-corrected chi connectivity index (χ0v) is 12.0. The molecule has 0 saturated carbocycles. The maximum atomic E-state index is 11.7. The molecule has 0 bridgehead atoms. The van der Waals surface area contributed by atoms with Crippen LogP contribution in [0.15, 0.2) is 18.2 Å². The van der Waals surface area contributed by atoms with E-state index in [-0.39, 0.29) is 0 Å². The molecule has 18 heavy (non-hydrogen) atoms. The first-order chi connectivity index (χ1) is 8.45. The Morgan fingerprint density at radius 1 is 1.28 bits per heavy atom. The van der Waals surface area contributed by atoms with Crippen LogP contribution in [-0.4, -0.2) is 34.9 Å². The second kappa shape index (κ2) is 5.95. The van der Waals surface area contributed by atoms with E-state index in [1.165, 1.54) is 17.7 Å². The molecule has 0 atom stereocenters. The summed E-state index contributed by atoms with van der Waals surface area (Å²) in [7, 11) is -1.84. The van der Waals surface area contributed by atoms with Crippen LogP contribution in [0.4, 0.5) is 5.69 Å². The quantitative estimate of drug-likeness (QED) is 0.794.